The van der Waals surface area contributed by atoms with Gasteiger partial charge in [0.1, 0.15) is 11.5 Å². The van der Waals surface area contributed by atoms with E-state index in [0.29, 0.717) is 11.1 Å². The van der Waals surface area contributed by atoms with Crippen LogP contribution in [0.25, 0.3) is 16.0 Å². The van der Waals surface area contributed by atoms with Crippen molar-refractivity contribution in [3.63, 3.8) is 0 Å². The summed E-state index contributed by atoms with van der Waals surface area (Å²) in [5.41, 5.74) is 1.92. The van der Waals surface area contributed by atoms with Gasteiger partial charge in [0, 0.05) is 11.1 Å². The van der Waals surface area contributed by atoms with Gasteiger partial charge in [-0.15, -0.1) is 0 Å². The fourth-order valence-electron chi connectivity index (χ4n) is 1.72. The van der Waals surface area contributed by atoms with E-state index in [1.54, 1.807) is 43.3 Å². The Labute approximate surface area is 99.4 Å². The van der Waals surface area contributed by atoms with Gasteiger partial charge >= 0.3 is 0 Å². The van der Waals surface area contributed by atoms with E-state index in [-0.39, 0.29) is 17.2 Å². The van der Waals surface area contributed by atoms with Gasteiger partial charge in [0.25, 0.3) is 0 Å². The summed E-state index contributed by atoms with van der Waals surface area (Å²) in [6.45, 7) is 8.73. The van der Waals surface area contributed by atoms with Gasteiger partial charge in [-0.05, 0) is 12.5 Å². The first-order valence-electron chi connectivity index (χ1n) is 5.13. The van der Waals surface area contributed by atoms with Crippen molar-refractivity contribution in [1.29, 1.82) is 0 Å². The van der Waals surface area contributed by atoms with Gasteiger partial charge in [0.15, 0.2) is 0 Å². The second-order valence-electron chi connectivity index (χ2n) is 3.76. The number of para-hydroxylation sites is 2. The van der Waals surface area contributed by atoms with E-state index in [2.05, 4.69) is 4.85 Å². The summed E-state index contributed by atoms with van der Waals surface area (Å²) in [5.74, 6) is 0.0355. The number of aryl methyl sites for hydroxylation is 1. The Balaban J connectivity index is 2.70. The lowest BCUT2D eigenvalue weighted by atomic mass is 10.0. The predicted octanol–water partition coefficient (Wildman–Crippen LogP) is 3.62. The number of aromatic hydroxyl groups is 2. The molecule has 0 radical (unpaired) electrons. The highest BCUT2D eigenvalue weighted by atomic mass is 16.3. The zero-order valence-corrected chi connectivity index (χ0v) is 9.31. The van der Waals surface area contributed by atoms with Gasteiger partial charge in [-0.25, -0.2) is 4.85 Å². The molecule has 0 amide bonds. The van der Waals surface area contributed by atoms with Gasteiger partial charge in [-0.1, -0.05) is 36.4 Å². The first-order chi connectivity index (χ1) is 8.15. The van der Waals surface area contributed by atoms with Crippen LogP contribution in [0.3, 0.4) is 0 Å². The van der Waals surface area contributed by atoms with Crippen LogP contribution in [0, 0.1) is 13.5 Å². The van der Waals surface area contributed by atoms with Crippen LogP contribution in [0.15, 0.2) is 36.4 Å². The summed E-state index contributed by atoms with van der Waals surface area (Å²) in [4.78, 5) is 3.23. The molecular weight excluding hydrogens is 214 g/mol. The maximum Gasteiger partial charge on any atom is 0.228 e. The molecule has 84 valence electrons. The molecule has 0 spiro atoms. The number of nitrogens with zero attached hydrogens (tertiary/aromatic N) is 1. The van der Waals surface area contributed by atoms with Crippen molar-refractivity contribution in [3.8, 4) is 22.6 Å². The van der Waals surface area contributed by atoms with Crippen LogP contribution in [0.2, 0.25) is 0 Å². The zero-order chi connectivity index (χ0) is 12.4. The van der Waals surface area contributed by atoms with E-state index in [9.17, 15) is 10.2 Å². The molecule has 2 aromatic carbocycles. The molecule has 0 aromatic heterocycles. The summed E-state index contributed by atoms with van der Waals surface area (Å²) in [7, 11) is 0. The summed E-state index contributed by atoms with van der Waals surface area (Å²) >= 11 is 0. The molecule has 3 nitrogen and oxygen atoms in total. The van der Waals surface area contributed by atoms with Crippen molar-refractivity contribution in [1.82, 2.24) is 0 Å². The van der Waals surface area contributed by atoms with Crippen molar-refractivity contribution >= 4 is 5.69 Å². The zero-order valence-electron chi connectivity index (χ0n) is 9.31. The fourth-order valence-corrected chi connectivity index (χ4v) is 1.72. The third-order valence-electron chi connectivity index (χ3n) is 2.66. The average molecular weight is 225 g/mol. The fraction of sp³-hybridized carbons (Fsp3) is 0.0714. The highest BCUT2D eigenvalue weighted by molar-refractivity contribution is 5.81. The SMILES string of the molecule is [C-]#[N+]c1cccc(-c2cccc(C)c2O)c1O. The van der Waals surface area contributed by atoms with E-state index in [1.165, 1.54) is 0 Å². The maximum absolute atomic E-state index is 9.95. The van der Waals surface area contributed by atoms with E-state index >= 15 is 0 Å². The Morgan fingerprint density at radius 3 is 2.18 bits per heavy atom. The molecule has 0 fully saturated rings. The van der Waals surface area contributed by atoms with Gasteiger partial charge in [-0.3, -0.25) is 0 Å². The predicted molar refractivity (Wildman–Crippen MR) is 66.2 cm³/mol. The molecule has 0 aliphatic heterocycles. The van der Waals surface area contributed by atoms with Crippen molar-refractivity contribution in [3.05, 3.63) is 53.4 Å². The average Bonchev–Trinajstić information content (AvgIpc) is 2.33. The minimum absolute atomic E-state index is 0.0941. The molecule has 3 heteroatoms. The highest BCUT2D eigenvalue weighted by Crippen LogP contribution is 2.41. The van der Waals surface area contributed by atoms with Crippen molar-refractivity contribution < 1.29 is 10.2 Å². The van der Waals surface area contributed by atoms with Gasteiger partial charge < -0.3 is 10.2 Å². The van der Waals surface area contributed by atoms with Crippen LogP contribution in [0.1, 0.15) is 5.56 Å². The topological polar surface area (TPSA) is 44.8 Å². The molecule has 0 unspecified atom stereocenters. The standard InChI is InChI=1S/C14H11NO2/c1-9-5-3-6-10(13(9)16)11-7-4-8-12(15-2)14(11)17/h3-8,16-17H,1H3. The smallest absolute Gasteiger partial charge is 0.228 e. The number of phenols is 2. The number of phenolic OH excluding ortho intramolecular Hbond substituents is 2. The summed E-state index contributed by atoms with van der Waals surface area (Å²) in [6, 6.07) is 10.2. The molecular formula is C14H11NO2. The van der Waals surface area contributed by atoms with Crippen LogP contribution in [0.4, 0.5) is 5.69 Å². The van der Waals surface area contributed by atoms with Crippen LogP contribution >= 0.6 is 0 Å². The lowest BCUT2D eigenvalue weighted by Crippen LogP contribution is -1.83. The number of rotatable bonds is 1. The van der Waals surface area contributed by atoms with Crippen LogP contribution in [-0.2, 0) is 0 Å². The van der Waals surface area contributed by atoms with E-state index in [0.717, 1.165) is 5.56 Å². The molecule has 0 saturated heterocycles. The normalized spacial score (nSPS) is 9.88. The largest absolute Gasteiger partial charge is 0.518 e. The van der Waals surface area contributed by atoms with Crippen molar-refractivity contribution in [2.75, 3.05) is 0 Å². The summed E-state index contributed by atoms with van der Waals surface area (Å²) in [6.07, 6.45) is 0. The van der Waals surface area contributed by atoms with Gasteiger partial charge in [0.2, 0.25) is 5.69 Å². The first-order valence-corrected chi connectivity index (χ1v) is 5.13. The van der Waals surface area contributed by atoms with E-state index in [4.69, 9.17) is 6.57 Å². The lowest BCUT2D eigenvalue weighted by Gasteiger charge is -2.09. The van der Waals surface area contributed by atoms with Crippen molar-refractivity contribution in [2.24, 2.45) is 0 Å². The Hall–Kier alpha value is -2.47. The molecule has 0 saturated carbocycles. The quantitative estimate of drug-likeness (QED) is 0.728. The number of hydrogen-bond acceptors (Lipinski definition) is 2. The maximum atomic E-state index is 9.95. The molecule has 0 bridgehead atoms. The molecule has 2 aromatic rings. The monoisotopic (exact) mass is 225 g/mol. The van der Waals surface area contributed by atoms with Crippen LogP contribution in [0.5, 0.6) is 11.5 Å². The second kappa shape index (κ2) is 4.18. The third-order valence-corrected chi connectivity index (χ3v) is 2.66. The minimum Gasteiger partial charge on any atom is -0.518 e. The number of hydrogen-bond donors (Lipinski definition) is 2. The number of benzene rings is 2. The molecule has 0 aliphatic carbocycles. The Morgan fingerprint density at radius 2 is 1.53 bits per heavy atom. The molecule has 2 rings (SSSR count). The van der Waals surface area contributed by atoms with E-state index < -0.39 is 0 Å². The third kappa shape index (κ3) is 1.81. The van der Waals surface area contributed by atoms with Crippen LogP contribution < -0.4 is 0 Å². The summed E-state index contributed by atoms with van der Waals surface area (Å²) < 4.78 is 0. The second-order valence-corrected chi connectivity index (χ2v) is 3.76. The van der Waals surface area contributed by atoms with Gasteiger partial charge in [-0.2, -0.15) is 0 Å². The minimum atomic E-state index is -0.0941. The van der Waals surface area contributed by atoms with Gasteiger partial charge in [0.05, 0.1) is 6.57 Å². The lowest BCUT2D eigenvalue weighted by molar-refractivity contribution is 0.468. The Bertz CT molecular complexity index is 612. The highest BCUT2D eigenvalue weighted by Gasteiger charge is 2.12. The molecule has 2 N–H and O–H groups in total. The molecule has 17 heavy (non-hydrogen) atoms. The first kappa shape index (κ1) is 11.0. The van der Waals surface area contributed by atoms with Crippen LogP contribution in [-0.4, -0.2) is 10.2 Å². The Morgan fingerprint density at radius 1 is 0.941 bits per heavy atom. The molecule has 0 aliphatic rings. The molecule has 0 heterocycles. The summed E-state index contributed by atoms with van der Waals surface area (Å²) in [5, 5.41) is 19.9. The van der Waals surface area contributed by atoms with E-state index in [1.807, 2.05) is 0 Å². The molecule has 0 atom stereocenters. The van der Waals surface area contributed by atoms with Crippen molar-refractivity contribution in [2.45, 2.75) is 6.92 Å². The Kier molecular flexibility index (Phi) is 2.71.